The van der Waals surface area contributed by atoms with Crippen molar-refractivity contribution in [2.75, 3.05) is 14.2 Å². The molecule has 3 rings (SSSR count). The molecule has 0 saturated carbocycles. The zero-order valence-corrected chi connectivity index (χ0v) is 18.4. The fourth-order valence-electron chi connectivity index (χ4n) is 2.43. The summed E-state index contributed by atoms with van der Waals surface area (Å²) < 4.78 is 10.7. The summed E-state index contributed by atoms with van der Waals surface area (Å²) >= 11 is 2.63. The van der Waals surface area contributed by atoms with Crippen LogP contribution < -0.4 is 9.47 Å². The number of hydrogen-bond donors (Lipinski definition) is 1. The van der Waals surface area contributed by atoms with Crippen LogP contribution in [0.5, 0.6) is 11.5 Å². The molecule has 1 amide bonds. The summed E-state index contributed by atoms with van der Waals surface area (Å²) in [6.07, 6.45) is 1.48. The zero-order valence-electron chi connectivity index (χ0n) is 16.8. The lowest BCUT2D eigenvalue weighted by Gasteiger charge is -2.14. The van der Waals surface area contributed by atoms with Gasteiger partial charge < -0.3 is 14.6 Å². The number of thioether (sulfide) groups is 1. The van der Waals surface area contributed by atoms with Crippen LogP contribution in [0.25, 0.3) is 6.08 Å². The second-order valence-corrected chi connectivity index (χ2v) is 8.26. The van der Waals surface area contributed by atoms with Crippen LogP contribution >= 0.6 is 23.1 Å². The minimum Gasteiger partial charge on any atom is -0.493 e. The third kappa shape index (κ3) is 4.79. The van der Waals surface area contributed by atoms with E-state index in [1.807, 2.05) is 6.92 Å². The second-order valence-electron chi connectivity index (χ2n) is 6.21. The second kappa shape index (κ2) is 9.26. The number of aliphatic carboxylic acids is 1. The predicted molar refractivity (Wildman–Crippen MR) is 115 cm³/mol. The molecular formula is C19H20N4O5S2. The first-order valence-electron chi connectivity index (χ1n) is 8.98. The molecule has 30 heavy (non-hydrogen) atoms. The number of carbonyl (C=O) groups is 2. The zero-order chi connectivity index (χ0) is 21.8. The van der Waals surface area contributed by atoms with Gasteiger partial charge in [0.25, 0.3) is 5.91 Å². The third-order valence-corrected chi connectivity index (χ3v) is 6.11. The van der Waals surface area contributed by atoms with Crippen LogP contribution in [0.3, 0.4) is 0 Å². The van der Waals surface area contributed by atoms with Crippen LogP contribution in [0.15, 0.2) is 28.1 Å². The fraction of sp³-hybridized carbons (Fsp3) is 0.316. The number of amides is 1. The van der Waals surface area contributed by atoms with E-state index >= 15 is 0 Å². The molecule has 0 spiro atoms. The predicted octanol–water partition coefficient (Wildman–Crippen LogP) is 3.19. The normalized spacial score (nSPS) is 17.6. The van der Waals surface area contributed by atoms with Crippen molar-refractivity contribution in [2.24, 2.45) is 4.99 Å². The summed E-state index contributed by atoms with van der Waals surface area (Å²) in [5, 5.41) is 19.0. The highest BCUT2D eigenvalue weighted by Gasteiger charge is 2.31. The number of amidine groups is 1. The van der Waals surface area contributed by atoms with Crippen molar-refractivity contribution in [1.29, 1.82) is 0 Å². The van der Waals surface area contributed by atoms with E-state index in [1.165, 1.54) is 42.0 Å². The lowest BCUT2D eigenvalue weighted by atomic mass is 10.2. The summed E-state index contributed by atoms with van der Waals surface area (Å²) in [5.41, 5.74) is 0.705. The molecule has 1 unspecified atom stereocenters. The van der Waals surface area contributed by atoms with Gasteiger partial charge in [0.05, 0.1) is 12.0 Å². The van der Waals surface area contributed by atoms with Crippen LogP contribution in [0.1, 0.15) is 24.4 Å². The van der Waals surface area contributed by atoms with Crippen molar-refractivity contribution in [3.8, 4) is 11.5 Å². The van der Waals surface area contributed by atoms with Gasteiger partial charge in [-0.3, -0.25) is 9.69 Å². The molecule has 1 atom stereocenters. The largest absolute Gasteiger partial charge is 0.493 e. The van der Waals surface area contributed by atoms with Gasteiger partial charge >= 0.3 is 5.97 Å². The molecule has 11 heteroatoms. The Morgan fingerprint density at radius 1 is 1.37 bits per heavy atom. The smallest absolute Gasteiger partial charge is 0.344 e. The van der Waals surface area contributed by atoms with E-state index in [0.29, 0.717) is 32.3 Å². The number of benzene rings is 1. The molecule has 0 radical (unpaired) electrons. The van der Waals surface area contributed by atoms with Crippen LogP contribution in [-0.4, -0.2) is 57.5 Å². The first-order valence-corrected chi connectivity index (χ1v) is 10.6. The minimum atomic E-state index is -1.08. The number of likely N-dealkylation sites (N-methyl/N-ethyl adjacent to an activating group) is 1. The van der Waals surface area contributed by atoms with Crippen LogP contribution in [0.2, 0.25) is 0 Å². The van der Waals surface area contributed by atoms with E-state index < -0.39 is 12.1 Å². The molecular weight excluding hydrogens is 428 g/mol. The Labute approximate surface area is 181 Å². The average Bonchev–Trinajstić information content (AvgIpc) is 3.29. The van der Waals surface area contributed by atoms with Gasteiger partial charge in [-0.05, 0) is 48.9 Å². The van der Waals surface area contributed by atoms with E-state index in [4.69, 9.17) is 14.6 Å². The van der Waals surface area contributed by atoms with E-state index in [9.17, 15) is 9.59 Å². The molecule has 9 nitrogen and oxygen atoms in total. The number of aliphatic imine (C=N–C) groups is 1. The number of nitrogens with zero attached hydrogens (tertiary/aromatic N) is 4. The molecule has 0 aliphatic carbocycles. The number of aromatic nitrogens is 2. The molecule has 0 bridgehead atoms. The first-order chi connectivity index (χ1) is 14.3. The average molecular weight is 449 g/mol. The van der Waals surface area contributed by atoms with E-state index in [-0.39, 0.29) is 5.91 Å². The summed E-state index contributed by atoms with van der Waals surface area (Å²) in [4.78, 5) is 30.0. The lowest BCUT2D eigenvalue weighted by molar-refractivity contribution is -0.144. The topological polar surface area (TPSA) is 114 Å². The number of rotatable bonds is 7. The molecule has 158 valence electrons. The maximum Gasteiger partial charge on any atom is 0.344 e. The van der Waals surface area contributed by atoms with Gasteiger partial charge in [0.2, 0.25) is 5.13 Å². The highest BCUT2D eigenvalue weighted by Crippen LogP contribution is 2.35. The SMILES string of the molecule is CCc1nnc(/N=C2/S/C(=C/c3ccc(OC(C)C(=O)O)c(OC)c3)C(=O)N2C)s1. The number of methoxy groups -OCH3 is 1. The molecule has 1 N–H and O–H groups in total. The molecule has 2 aromatic rings. The number of aryl methyl sites for hydroxylation is 1. The monoisotopic (exact) mass is 448 g/mol. The molecule has 1 aromatic carbocycles. The summed E-state index contributed by atoms with van der Waals surface area (Å²) in [6, 6.07) is 5.01. The van der Waals surface area contributed by atoms with Gasteiger partial charge in [0.1, 0.15) is 5.01 Å². The molecule has 1 aliphatic heterocycles. The first kappa shape index (κ1) is 21.8. The van der Waals surface area contributed by atoms with Crippen molar-refractivity contribution >= 4 is 51.4 Å². The standard InChI is InChI=1S/C19H20N4O5S2/c1-5-15-21-22-18(30-15)20-19-23(3)16(24)14(29-19)9-11-6-7-12(13(8-11)27-4)28-10(2)17(25)26/h6-10H,5H2,1-4H3,(H,25,26)/b14-9+,20-19+. The van der Waals surface area contributed by atoms with Crippen molar-refractivity contribution in [1.82, 2.24) is 15.1 Å². The summed E-state index contributed by atoms with van der Waals surface area (Å²) in [7, 11) is 3.12. The van der Waals surface area contributed by atoms with Gasteiger partial charge in [-0.25, -0.2) is 4.79 Å². The number of carboxylic acid groups (broad SMARTS) is 1. The number of hydrogen-bond acceptors (Lipinski definition) is 9. The quantitative estimate of drug-likeness (QED) is 0.642. The Kier molecular flexibility index (Phi) is 6.73. The Balaban J connectivity index is 1.83. The Morgan fingerprint density at radius 3 is 2.77 bits per heavy atom. The molecule has 2 heterocycles. The lowest BCUT2D eigenvalue weighted by Crippen LogP contribution is -2.23. The Bertz CT molecular complexity index is 1030. The van der Waals surface area contributed by atoms with Crippen molar-refractivity contribution in [3.63, 3.8) is 0 Å². The minimum absolute atomic E-state index is 0.183. The van der Waals surface area contributed by atoms with E-state index in [1.54, 1.807) is 31.3 Å². The molecule has 1 saturated heterocycles. The number of carbonyl (C=O) groups excluding carboxylic acids is 1. The fourth-order valence-corrected chi connectivity index (χ4v) is 4.11. The molecule has 1 fully saturated rings. The van der Waals surface area contributed by atoms with Crippen LogP contribution in [0, 0.1) is 0 Å². The summed E-state index contributed by atoms with van der Waals surface area (Å²) in [5.74, 6) is -0.580. The van der Waals surface area contributed by atoms with Crippen molar-refractivity contribution in [3.05, 3.63) is 33.7 Å². The Hall–Kier alpha value is -2.92. The maximum absolute atomic E-state index is 12.6. The van der Waals surface area contributed by atoms with Crippen LogP contribution in [0.4, 0.5) is 5.13 Å². The Morgan fingerprint density at radius 2 is 2.13 bits per heavy atom. The van der Waals surface area contributed by atoms with E-state index in [0.717, 1.165) is 11.4 Å². The highest BCUT2D eigenvalue weighted by atomic mass is 32.2. The molecule has 1 aromatic heterocycles. The van der Waals surface area contributed by atoms with Gasteiger partial charge in [-0.1, -0.05) is 24.3 Å². The van der Waals surface area contributed by atoms with E-state index in [2.05, 4.69) is 15.2 Å². The number of carboxylic acids is 1. The van der Waals surface area contributed by atoms with Gasteiger partial charge in [-0.15, -0.1) is 10.2 Å². The van der Waals surface area contributed by atoms with Crippen molar-refractivity contribution < 1.29 is 24.2 Å². The van der Waals surface area contributed by atoms with Crippen molar-refractivity contribution in [2.45, 2.75) is 26.4 Å². The maximum atomic E-state index is 12.6. The number of ether oxygens (including phenoxy) is 2. The van der Waals surface area contributed by atoms with Gasteiger partial charge in [0.15, 0.2) is 22.8 Å². The third-order valence-electron chi connectivity index (χ3n) is 4.09. The highest BCUT2D eigenvalue weighted by molar-refractivity contribution is 8.18. The summed E-state index contributed by atoms with van der Waals surface area (Å²) in [6.45, 7) is 3.43. The van der Waals surface area contributed by atoms with Gasteiger partial charge in [-0.2, -0.15) is 4.99 Å². The van der Waals surface area contributed by atoms with Crippen LogP contribution in [-0.2, 0) is 16.0 Å². The van der Waals surface area contributed by atoms with Gasteiger partial charge in [0, 0.05) is 7.05 Å². The molecule has 1 aliphatic rings.